The van der Waals surface area contributed by atoms with Crippen LogP contribution in [0.15, 0.2) is 45.4 Å². The summed E-state index contributed by atoms with van der Waals surface area (Å²) in [7, 11) is -4.58. The minimum atomic E-state index is -4.58. The number of nitrogens with zero attached hydrogens (tertiary/aromatic N) is 1. The molecule has 3 rings (SSSR count). The highest BCUT2D eigenvalue weighted by Gasteiger charge is 2.23. The summed E-state index contributed by atoms with van der Waals surface area (Å²) in [4.78, 5) is 10.5. The van der Waals surface area contributed by atoms with Gasteiger partial charge in [0.25, 0.3) is 0 Å². The summed E-state index contributed by atoms with van der Waals surface area (Å²) in [6.45, 7) is 0. The summed E-state index contributed by atoms with van der Waals surface area (Å²) in [6, 6.07) is 5.99. The molecule has 2 aromatic carbocycles. The summed E-state index contributed by atoms with van der Waals surface area (Å²) < 4.78 is 52.0. The lowest BCUT2D eigenvalue weighted by Crippen LogP contribution is -2.16. The highest BCUT2D eigenvalue weighted by molar-refractivity contribution is 7.89. The van der Waals surface area contributed by atoms with Gasteiger partial charge in [0.15, 0.2) is 4.90 Å². The number of thiazole rings is 1. The Labute approximate surface area is 160 Å². The summed E-state index contributed by atoms with van der Waals surface area (Å²) in [5.41, 5.74) is 0.436. The van der Waals surface area contributed by atoms with Crippen molar-refractivity contribution in [1.82, 2.24) is 4.57 Å². The summed E-state index contributed by atoms with van der Waals surface area (Å²) >= 11 is 12.6. The van der Waals surface area contributed by atoms with Gasteiger partial charge in [-0.3, -0.25) is 9.36 Å². The Hall–Kier alpha value is -1.78. The number of rotatable bonds is 3. The Bertz CT molecular complexity index is 1170. The molecule has 5 nitrogen and oxygen atoms in total. The van der Waals surface area contributed by atoms with Crippen molar-refractivity contribution >= 4 is 44.6 Å². The fourth-order valence-corrected chi connectivity index (χ4v) is 4.07. The summed E-state index contributed by atoms with van der Waals surface area (Å²) in [5.74, 6) is -2.72. The fraction of sp³-hybridized carbons (Fsp3) is 0. The molecule has 0 aliphatic rings. The zero-order valence-corrected chi connectivity index (χ0v) is 15.7. The van der Waals surface area contributed by atoms with Crippen LogP contribution in [0.4, 0.5) is 8.78 Å². The Morgan fingerprint density at radius 3 is 2.19 bits per heavy atom. The lowest BCUT2D eigenvalue weighted by molar-refractivity contribution is 0.520. The van der Waals surface area contributed by atoms with Crippen molar-refractivity contribution in [3.63, 3.8) is 0 Å². The number of aromatic nitrogens is 1. The van der Waals surface area contributed by atoms with Gasteiger partial charge in [-0.25, -0.2) is 22.3 Å². The smallest absolute Gasteiger partial charge is 0.267 e. The molecule has 26 heavy (non-hydrogen) atoms. The lowest BCUT2D eigenvalue weighted by atomic mass is 10.1. The average molecular weight is 437 g/mol. The van der Waals surface area contributed by atoms with Crippen LogP contribution in [0.25, 0.3) is 16.9 Å². The van der Waals surface area contributed by atoms with E-state index < -0.39 is 31.4 Å². The van der Waals surface area contributed by atoms with Crippen molar-refractivity contribution in [2.24, 2.45) is 5.14 Å². The molecule has 2 N–H and O–H groups in total. The number of sulfonamides is 1. The molecule has 0 radical (unpaired) electrons. The van der Waals surface area contributed by atoms with Gasteiger partial charge in [0.1, 0.15) is 11.6 Å². The van der Waals surface area contributed by atoms with Crippen molar-refractivity contribution < 1.29 is 17.2 Å². The van der Waals surface area contributed by atoms with Gasteiger partial charge in [-0.2, -0.15) is 0 Å². The Morgan fingerprint density at radius 2 is 1.65 bits per heavy atom. The lowest BCUT2D eigenvalue weighted by Gasteiger charge is -2.10. The number of hydrogen-bond donors (Lipinski definition) is 1. The third kappa shape index (κ3) is 3.40. The molecule has 0 saturated heterocycles. The zero-order chi connectivity index (χ0) is 19.2. The van der Waals surface area contributed by atoms with Gasteiger partial charge >= 0.3 is 4.87 Å². The van der Waals surface area contributed by atoms with E-state index in [-0.39, 0.29) is 21.3 Å². The first-order chi connectivity index (χ1) is 12.1. The summed E-state index contributed by atoms with van der Waals surface area (Å²) in [6.07, 6.45) is 0. The molecule has 0 saturated carbocycles. The quantitative estimate of drug-likeness (QED) is 0.677. The molecule has 0 atom stereocenters. The van der Waals surface area contributed by atoms with Gasteiger partial charge in [-0.05, 0) is 30.3 Å². The number of halogens is 4. The number of nitrogens with two attached hydrogens (primary N) is 1. The molecule has 1 aromatic heterocycles. The zero-order valence-electron chi connectivity index (χ0n) is 12.5. The van der Waals surface area contributed by atoms with E-state index in [4.69, 9.17) is 28.3 Å². The monoisotopic (exact) mass is 436 g/mol. The van der Waals surface area contributed by atoms with E-state index in [9.17, 15) is 22.0 Å². The molecule has 0 amide bonds. The van der Waals surface area contributed by atoms with Crippen molar-refractivity contribution in [1.29, 1.82) is 0 Å². The first kappa shape index (κ1) is 19.0. The molecule has 1 heterocycles. The van der Waals surface area contributed by atoms with E-state index >= 15 is 0 Å². The van der Waals surface area contributed by atoms with Crippen molar-refractivity contribution in [2.45, 2.75) is 4.90 Å². The molecular weight excluding hydrogens is 429 g/mol. The third-order valence-corrected chi connectivity index (χ3v) is 5.86. The van der Waals surface area contributed by atoms with Crippen LogP contribution in [-0.4, -0.2) is 13.0 Å². The number of hydrogen-bond acceptors (Lipinski definition) is 4. The maximum atomic E-state index is 14.1. The molecule has 0 bridgehead atoms. The predicted molar refractivity (Wildman–Crippen MR) is 96.7 cm³/mol. The van der Waals surface area contributed by atoms with Crippen LogP contribution in [0, 0.1) is 11.6 Å². The largest absolute Gasteiger partial charge is 0.312 e. The van der Waals surface area contributed by atoms with Crippen LogP contribution in [-0.2, 0) is 10.0 Å². The minimum Gasteiger partial charge on any atom is -0.267 e. The van der Waals surface area contributed by atoms with Gasteiger partial charge < -0.3 is 0 Å². The first-order valence-electron chi connectivity index (χ1n) is 6.78. The third-order valence-electron chi connectivity index (χ3n) is 3.43. The van der Waals surface area contributed by atoms with E-state index in [1.54, 1.807) is 0 Å². The SMILES string of the molecule is NS(=O)(=O)c1c(F)cc(-c2csc(=O)n2-c2ccc(Cl)c(Cl)c2)cc1F. The van der Waals surface area contributed by atoms with Crippen LogP contribution >= 0.6 is 34.5 Å². The second-order valence-corrected chi connectivity index (χ2v) is 8.27. The van der Waals surface area contributed by atoms with Crippen molar-refractivity contribution in [3.8, 4) is 16.9 Å². The van der Waals surface area contributed by atoms with Crippen LogP contribution in [0.1, 0.15) is 0 Å². The highest BCUT2D eigenvalue weighted by atomic mass is 35.5. The molecular formula is C15H8Cl2F2N2O3S2. The molecule has 0 spiro atoms. The van der Waals surface area contributed by atoms with Crippen LogP contribution in [0.2, 0.25) is 10.0 Å². The molecule has 11 heteroatoms. The van der Waals surface area contributed by atoms with Crippen LogP contribution in [0.3, 0.4) is 0 Å². The molecule has 0 fully saturated rings. The topological polar surface area (TPSA) is 82.2 Å². The van der Waals surface area contributed by atoms with Gasteiger partial charge in [-0.15, -0.1) is 0 Å². The van der Waals surface area contributed by atoms with Gasteiger partial charge in [0.2, 0.25) is 10.0 Å². The molecule has 0 aliphatic heterocycles. The van der Waals surface area contributed by atoms with Crippen LogP contribution < -0.4 is 10.0 Å². The van der Waals surface area contributed by atoms with Gasteiger partial charge in [0, 0.05) is 10.9 Å². The second-order valence-electron chi connectivity index (χ2n) is 5.13. The van der Waals surface area contributed by atoms with E-state index in [1.807, 2.05) is 0 Å². The standard InChI is InChI=1S/C15H8Cl2F2N2O3S2/c16-9-2-1-8(5-10(9)17)21-13(6-25-15(21)22)7-3-11(18)14(12(19)4-7)26(20,23)24/h1-6H,(H2,20,23,24). The molecule has 3 aromatic rings. The Morgan fingerprint density at radius 1 is 1.04 bits per heavy atom. The van der Waals surface area contributed by atoms with E-state index in [0.29, 0.717) is 5.69 Å². The Kier molecular flexibility index (Phi) is 4.93. The molecule has 0 aliphatic carbocycles. The van der Waals surface area contributed by atoms with E-state index in [1.165, 1.54) is 28.1 Å². The van der Waals surface area contributed by atoms with Crippen molar-refractivity contribution in [3.05, 3.63) is 67.1 Å². The maximum absolute atomic E-state index is 14.1. The van der Waals surface area contributed by atoms with E-state index in [2.05, 4.69) is 0 Å². The van der Waals surface area contributed by atoms with Crippen LogP contribution in [0.5, 0.6) is 0 Å². The Balaban J connectivity index is 2.24. The highest BCUT2D eigenvalue weighted by Crippen LogP contribution is 2.30. The number of primary sulfonamides is 1. The van der Waals surface area contributed by atoms with E-state index in [0.717, 1.165) is 23.5 Å². The molecule has 136 valence electrons. The normalized spacial score (nSPS) is 11.7. The summed E-state index contributed by atoms with van der Waals surface area (Å²) in [5, 5.41) is 6.66. The second kappa shape index (κ2) is 6.75. The minimum absolute atomic E-state index is 0.0446. The average Bonchev–Trinajstić information content (AvgIpc) is 2.89. The van der Waals surface area contributed by atoms with Gasteiger partial charge in [-0.1, -0.05) is 34.5 Å². The fourth-order valence-electron chi connectivity index (χ4n) is 2.36. The molecule has 0 unspecified atom stereocenters. The van der Waals surface area contributed by atoms with Crippen molar-refractivity contribution in [2.75, 3.05) is 0 Å². The predicted octanol–water partition coefficient (Wildman–Crippen LogP) is 3.80. The maximum Gasteiger partial charge on any atom is 0.312 e. The number of benzene rings is 2. The first-order valence-corrected chi connectivity index (χ1v) is 9.96. The van der Waals surface area contributed by atoms with Gasteiger partial charge in [0.05, 0.1) is 21.4 Å².